The van der Waals surface area contributed by atoms with Crippen LogP contribution in [0, 0.1) is 0 Å². The van der Waals surface area contributed by atoms with Crippen LogP contribution in [0.3, 0.4) is 0 Å². The predicted molar refractivity (Wildman–Crippen MR) is 97.3 cm³/mol. The molecule has 0 fully saturated rings. The molecule has 20 heavy (non-hydrogen) atoms. The fourth-order valence-electron chi connectivity index (χ4n) is 1.24. The topological polar surface area (TPSA) is 0 Å². The van der Waals surface area contributed by atoms with E-state index in [9.17, 15) is 0 Å². The minimum absolute atomic E-state index is 1.20. The van der Waals surface area contributed by atoms with E-state index in [0.717, 1.165) is 0 Å². The standard InChI is InChI=1S/C12H16.C4H8.C2H6.C2H4/c1-2-3-4-6-9-12-10-7-5-8-11-12;1-3-4-2;2*1-2/h2-3,5,7-8,10-11H,4,6,9H2,1H3;3-4H,1-2H3;1-2H3;1-2H2/b3-2+;4-3-;;. The normalized spacial score (nSPS) is 8.85. The van der Waals surface area contributed by atoms with E-state index >= 15 is 0 Å². The lowest BCUT2D eigenvalue weighted by atomic mass is 10.1. The summed E-state index contributed by atoms with van der Waals surface area (Å²) in [5.74, 6) is 0. The van der Waals surface area contributed by atoms with Gasteiger partial charge in [0.15, 0.2) is 0 Å². The average Bonchev–Trinajstić information content (AvgIpc) is 2.56. The Kier molecular flexibility index (Phi) is 30.7. The molecule has 0 spiro atoms. The highest BCUT2D eigenvalue weighted by molar-refractivity contribution is 5.14. The van der Waals surface area contributed by atoms with E-state index in [4.69, 9.17) is 0 Å². The fourth-order valence-corrected chi connectivity index (χ4v) is 1.24. The number of hydrogen-bond donors (Lipinski definition) is 0. The van der Waals surface area contributed by atoms with Crippen LogP contribution in [0.25, 0.3) is 0 Å². The number of allylic oxidation sites excluding steroid dienone is 4. The van der Waals surface area contributed by atoms with Crippen LogP contribution in [0.4, 0.5) is 0 Å². The molecule has 1 aromatic rings. The van der Waals surface area contributed by atoms with E-state index in [0.29, 0.717) is 0 Å². The van der Waals surface area contributed by atoms with Crippen molar-refractivity contribution in [1.29, 1.82) is 0 Å². The molecule has 0 aliphatic rings. The van der Waals surface area contributed by atoms with Gasteiger partial charge in [-0.3, -0.25) is 0 Å². The Morgan fingerprint density at radius 3 is 1.75 bits per heavy atom. The number of aryl methyl sites for hydroxylation is 1. The van der Waals surface area contributed by atoms with Crippen molar-refractivity contribution < 1.29 is 0 Å². The molecule has 0 radical (unpaired) electrons. The van der Waals surface area contributed by atoms with E-state index in [2.05, 4.69) is 62.6 Å². The second kappa shape index (κ2) is 26.1. The number of hydrogen-bond acceptors (Lipinski definition) is 0. The maximum atomic E-state index is 3.00. The fraction of sp³-hybridized carbons (Fsp3) is 0.400. The Balaban J connectivity index is -0.000000306. The van der Waals surface area contributed by atoms with Gasteiger partial charge in [-0.25, -0.2) is 0 Å². The van der Waals surface area contributed by atoms with Gasteiger partial charge < -0.3 is 0 Å². The SMILES string of the molecule is C/C=C/CCCc1ccccc1.C/C=C\C.C=C.CC. The lowest BCUT2D eigenvalue weighted by molar-refractivity contribution is 0.842. The van der Waals surface area contributed by atoms with Crippen LogP contribution in [-0.2, 0) is 6.42 Å². The molecule has 0 amide bonds. The molecular formula is C20H34. The van der Waals surface area contributed by atoms with Crippen LogP contribution in [0.15, 0.2) is 67.8 Å². The first-order valence-corrected chi connectivity index (χ1v) is 7.57. The molecule has 0 nitrogen and oxygen atoms in total. The van der Waals surface area contributed by atoms with Crippen molar-refractivity contribution in [2.75, 3.05) is 0 Å². The second-order valence-electron chi connectivity index (χ2n) is 3.61. The molecule has 0 heteroatoms. The Morgan fingerprint density at radius 2 is 1.35 bits per heavy atom. The molecule has 0 aliphatic carbocycles. The van der Waals surface area contributed by atoms with Gasteiger partial charge in [0.05, 0.1) is 0 Å². The largest absolute Gasteiger partial charge is 0.106 e. The lowest BCUT2D eigenvalue weighted by Gasteiger charge is -1.97. The first-order valence-electron chi connectivity index (χ1n) is 7.57. The molecule has 0 saturated carbocycles. The third kappa shape index (κ3) is 21.7. The average molecular weight is 274 g/mol. The predicted octanol–water partition coefficient (Wildman–Crippen LogP) is 7.00. The zero-order chi connectivity index (χ0) is 16.1. The summed E-state index contributed by atoms with van der Waals surface area (Å²) in [6.07, 6.45) is 12.0. The van der Waals surface area contributed by atoms with Crippen molar-refractivity contribution >= 4 is 0 Å². The van der Waals surface area contributed by atoms with Crippen LogP contribution >= 0.6 is 0 Å². The highest BCUT2D eigenvalue weighted by Crippen LogP contribution is 2.04. The Bertz CT molecular complexity index is 289. The van der Waals surface area contributed by atoms with Gasteiger partial charge in [-0.2, -0.15) is 0 Å². The molecule has 114 valence electrons. The zero-order valence-electron chi connectivity index (χ0n) is 14.2. The second-order valence-corrected chi connectivity index (χ2v) is 3.61. The zero-order valence-corrected chi connectivity index (χ0v) is 14.2. The molecule has 0 bridgehead atoms. The minimum atomic E-state index is 1.20. The summed E-state index contributed by atoms with van der Waals surface area (Å²) < 4.78 is 0. The molecule has 0 heterocycles. The molecule has 0 saturated heterocycles. The molecular weight excluding hydrogens is 240 g/mol. The molecule has 0 unspecified atom stereocenters. The van der Waals surface area contributed by atoms with Crippen LogP contribution in [-0.4, -0.2) is 0 Å². The Hall–Kier alpha value is -1.56. The highest BCUT2D eigenvalue weighted by Gasteiger charge is 1.88. The summed E-state index contributed by atoms with van der Waals surface area (Å²) in [5, 5.41) is 0. The molecule has 1 rings (SSSR count). The minimum Gasteiger partial charge on any atom is -0.106 e. The number of benzene rings is 1. The van der Waals surface area contributed by atoms with Gasteiger partial charge in [0.2, 0.25) is 0 Å². The van der Waals surface area contributed by atoms with Crippen molar-refractivity contribution in [3.8, 4) is 0 Å². The maximum Gasteiger partial charge on any atom is -0.0276 e. The van der Waals surface area contributed by atoms with Gasteiger partial charge in [0.25, 0.3) is 0 Å². The summed E-state index contributed by atoms with van der Waals surface area (Å²) >= 11 is 0. The third-order valence-electron chi connectivity index (χ3n) is 2.25. The van der Waals surface area contributed by atoms with Crippen molar-refractivity contribution in [3.05, 3.63) is 73.4 Å². The number of unbranched alkanes of at least 4 members (excludes halogenated alkanes) is 1. The van der Waals surface area contributed by atoms with Crippen molar-refractivity contribution in [3.63, 3.8) is 0 Å². The van der Waals surface area contributed by atoms with Crippen molar-refractivity contribution in [2.45, 2.75) is 53.9 Å². The van der Waals surface area contributed by atoms with E-state index in [1.54, 1.807) is 0 Å². The summed E-state index contributed by atoms with van der Waals surface area (Å²) in [6, 6.07) is 10.6. The van der Waals surface area contributed by atoms with Gasteiger partial charge in [-0.15, -0.1) is 13.2 Å². The van der Waals surface area contributed by atoms with Crippen LogP contribution in [0.2, 0.25) is 0 Å². The van der Waals surface area contributed by atoms with E-state index < -0.39 is 0 Å². The van der Waals surface area contributed by atoms with Gasteiger partial charge in [0.1, 0.15) is 0 Å². The summed E-state index contributed by atoms with van der Waals surface area (Å²) in [6.45, 7) is 16.1. The third-order valence-corrected chi connectivity index (χ3v) is 2.25. The number of rotatable bonds is 4. The summed E-state index contributed by atoms with van der Waals surface area (Å²) in [7, 11) is 0. The smallest absolute Gasteiger partial charge is 0.0276 e. The van der Waals surface area contributed by atoms with Gasteiger partial charge in [-0.05, 0) is 45.6 Å². The van der Waals surface area contributed by atoms with Crippen LogP contribution in [0.1, 0.15) is 53.0 Å². The molecule has 0 aliphatic heterocycles. The molecule has 0 N–H and O–H groups in total. The van der Waals surface area contributed by atoms with E-state index in [1.807, 2.05) is 39.8 Å². The molecule has 0 aromatic heterocycles. The Morgan fingerprint density at radius 1 is 0.850 bits per heavy atom. The van der Waals surface area contributed by atoms with Crippen molar-refractivity contribution in [2.24, 2.45) is 0 Å². The van der Waals surface area contributed by atoms with Crippen molar-refractivity contribution in [1.82, 2.24) is 0 Å². The molecule has 0 atom stereocenters. The monoisotopic (exact) mass is 274 g/mol. The Labute approximate surface area is 127 Å². The van der Waals surface area contributed by atoms with E-state index in [1.165, 1.54) is 24.8 Å². The van der Waals surface area contributed by atoms with Crippen LogP contribution < -0.4 is 0 Å². The van der Waals surface area contributed by atoms with Crippen LogP contribution in [0.5, 0.6) is 0 Å². The van der Waals surface area contributed by atoms with Gasteiger partial charge >= 0.3 is 0 Å². The first-order chi connectivity index (χ1) is 9.85. The molecule has 1 aromatic carbocycles. The summed E-state index contributed by atoms with van der Waals surface area (Å²) in [5.41, 5.74) is 1.45. The van der Waals surface area contributed by atoms with E-state index in [-0.39, 0.29) is 0 Å². The quantitative estimate of drug-likeness (QED) is 0.409. The summed E-state index contributed by atoms with van der Waals surface area (Å²) in [4.78, 5) is 0. The lowest BCUT2D eigenvalue weighted by Crippen LogP contribution is -1.82. The van der Waals surface area contributed by atoms with Gasteiger partial charge in [-0.1, -0.05) is 68.5 Å². The maximum absolute atomic E-state index is 3.00. The van der Waals surface area contributed by atoms with Gasteiger partial charge in [0, 0.05) is 0 Å². The highest BCUT2D eigenvalue weighted by atomic mass is 13.9. The first kappa shape index (κ1) is 23.5.